The van der Waals surface area contributed by atoms with Gasteiger partial charge in [0.1, 0.15) is 22.3 Å². The van der Waals surface area contributed by atoms with Gasteiger partial charge in [-0.05, 0) is 126 Å². The van der Waals surface area contributed by atoms with Crippen LogP contribution in [0.1, 0.15) is 52.7 Å². The number of rotatable bonds is 6. The fraction of sp³-hybridized carbons (Fsp3) is 0.125. The van der Waals surface area contributed by atoms with Crippen molar-refractivity contribution in [3.63, 3.8) is 0 Å². The van der Waals surface area contributed by atoms with Gasteiger partial charge in [0.2, 0.25) is 0 Å². The molecule has 0 saturated heterocycles. The molecule has 0 bridgehead atoms. The van der Waals surface area contributed by atoms with Gasteiger partial charge in [-0.25, -0.2) is 0 Å². The van der Waals surface area contributed by atoms with Gasteiger partial charge in [0, 0.05) is 55.8 Å². The van der Waals surface area contributed by atoms with E-state index in [2.05, 4.69) is 233 Å². The number of hydrogen-bond acceptors (Lipinski definition) is 4. The summed E-state index contributed by atoms with van der Waals surface area (Å²) in [6.07, 6.45) is 0. The molecule has 0 aliphatic carbocycles. The predicted octanol–water partition coefficient (Wildman–Crippen LogP) is 19.1. The van der Waals surface area contributed by atoms with E-state index in [4.69, 9.17) is 8.83 Å². The fourth-order valence-corrected chi connectivity index (χ4v) is 11.7. The average molecular weight is 877 g/mol. The van der Waals surface area contributed by atoms with E-state index < -0.39 is 0 Å². The molecule has 2 aromatic heterocycles. The molecule has 2 heterocycles. The van der Waals surface area contributed by atoms with Crippen LogP contribution in [0.5, 0.6) is 0 Å². The number of hydrogen-bond donors (Lipinski definition) is 0. The van der Waals surface area contributed by atoms with Gasteiger partial charge in [-0.3, -0.25) is 0 Å². The number of anilines is 6. The first kappa shape index (κ1) is 39.1. The van der Waals surface area contributed by atoms with Crippen molar-refractivity contribution in [1.29, 1.82) is 0 Å². The maximum Gasteiger partial charge on any atom is 0.138 e. The Balaban J connectivity index is 1.10. The number of nitrogens with zero attached hydrogens (tertiary/aromatic N) is 2. The Kier molecular flexibility index (Phi) is 7.91. The molecule has 0 fully saturated rings. The molecule has 0 radical (unpaired) electrons. The van der Waals surface area contributed by atoms with Crippen molar-refractivity contribution < 1.29 is 8.83 Å². The largest absolute Gasteiger partial charge is 0.456 e. The molecule has 0 spiro atoms. The topological polar surface area (TPSA) is 32.8 Å². The lowest BCUT2D eigenvalue weighted by Crippen LogP contribution is -2.17. The van der Waals surface area contributed by atoms with Gasteiger partial charge in [0.25, 0.3) is 0 Å². The van der Waals surface area contributed by atoms with E-state index in [0.29, 0.717) is 0 Å². The summed E-state index contributed by atoms with van der Waals surface area (Å²) in [6, 6.07) is 67.0. The van der Waals surface area contributed by atoms with Gasteiger partial charge in [0.15, 0.2) is 0 Å². The highest BCUT2D eigenvalue weighted by molar-refractivity contribution is 6.30. The van der Waals surface area contributed by atoms with Crippen LogP contribution in [-0.2, 0) is 10.8 Å². The zero-order valence-corrected chi connectivity index (χ0v) is 39.0. The molecule has 0 saturated carbocycles. The van der Waals surface area contributed by atoms with E-state index in [0.717, 1.165) is 67.2 Å². The van der Waals surface area contributed by atoms with Crippen LogP contribution in [0.15, 0.2) is 191 Å². The molecule has 12 aromatic carbocycles. The maximum atomic E-state index is 6.70. The molecule has 326 valence electrons. The summed E-state index contributed by atoms with van der Waals surface area (Å²) in [5.74, 6) is 0. The van der Waals surface area contributed by atoms with Crippen LogP contribution in [0.2, 0.25) is 0 Å². The first-order chi connectivity index (χ1) is 33.0. The Hall–Kier alpha value is -8.08. The first-order valence-corrected chi connectivity index (χ1v) is 23.8. The van der Waals surface area contributed by atoms with Crippen molar-refractivity contribution in [1.82, 2.24) is 0 Å². The summed E-state index contributed by atoms with van der Waals surface area (Å²) in [5.41, 5.74) is 12.4. The molecule has 68 heavy (non-hydrogen) atoms. The molecule has 0 unspecified atom stereocenters. The molecule has 14 aromatic rings. The Morgan fingerprint density at radius 2 is 0.676 bits per heavy atom. The van der Waals surface area contributed by atoms with Crippen LogP contribution in [0.3, 0.4) is 0 Å². The summed E-state index contributed by atoms with van der Waals surface area (Å²) >= 11 is 0. The molecule has 0 aliphatic heterocycles. The van der Waals surface area contributed by atoms with Crippen molar-refractivity contribution in [3.05, 3.63) is 193 Å². The van der Waals surface area contributed by atoms with Crippen LogP contribution in [0.25, 0.3) is 97.7 Å². The molecule has 4 heteroatoms. The maximum absolute atomic E-state index is 6.70. The highest BCUT2D eigenvalue weighted by Crippen LogP contribution is 2.53. The van der Waals surface area contributed by atoms with Gasteiger partial charge < -0.3 is 18.6 Å². The van der Waals surface area contributed by atoms with Crippen LogP contribution in [0, 0.1) is 0 Å². The third-order valence-corrected chi connectivity index (χ3v) is 14.7. The second kappa shape index (κ2) is 13.7. The zero-order valence-electron chi connectivity index (χ0n) is 39.0. The summed E-state index contributed by atoms with van der Waals surface area (Å²) in [4.78, 5) is 4.92. The molecule has 4 nitrogen and oxygen atoms in total. The number of para-hydroxylation sites is 2. The summed E-state index contributed by atoms with van der Waals surface area (Å²) in [7, 11) is 0. The molecular weight excluding hydrogens is 829 g/mol. The lowest BCUT2D eigenvalue weighted by atomic mass is 9.77. The Morgan fingerprint density at radius 1 is 0.294 bits per heavy atom. The van der Waals surface area contributed by atoms with E-state index in [-0.39, 0.29) is 10.8 Å². The van der Waals surface area contributed by atoms with Crippen LogP contribution >= 0.6 is 0 Å². The fourth-order valence-electron chi connectivity index (χ4n) is 11.7. The highest BCUT2D eigenvalue weighted by Gasteiger charge is 2.30. The van der Waals surface area contributed by atoms with Gasteiger partial charge in [-0.2, -0.15) is 0 Å². The van der Waals surface area contributed by atoms with Crippen molar-refractivity contribution in [3.8, 4) is 0 Å². The minimum absolute atomic E-state index is 0.185. The van der Waals surface area contributed by atoms with E-state index in [1.807, 2.05) is 0 Å². The number of benzene rings is 12. The SMILES string of the molecule is CC(C)(C)c1cc(N(c2ccccc2)c2cc3ccc4cccc5oc(c2)c3c45)c2ccc3c(C(C)(C)C)cc(N(c4ccccc4)c4cc5ccc6cccc7oc(c4)c5c67)c4ccc1c2c43. The summed E-state index contributed by atoms with van der Waals surface area (Å²) in [5, 5.41) is 16.9. The van der Waals surface area contributed by atoms with Crippen LogP contribution in [-0.4, -0.2) is 0 Å². The monoisotopic (exact) mass is 876 g/mol. The van der Waals surface area contributed by atoms with Crippen LogP contribution in [0.4, 0.5) is 34.1 Å². The smallest absolute Gasteiger partial charge is 0.138 e. The van der Waals surface area contributed by atoms with E-state index >= 15 is 0 Å². The Morgan fingerprint density at radius 3 is 1.09 bits per heavy atom. The Labute approximate surface area is 394 Å². The number of furan rings is 2. The lowest BCUT2D eigenvalue weighted by molar-refractivity contribution is 0.595. The van der Waals surface area contributed by atoms with Crippen molar-refractivity contribution in [2.24, 2.45) is 0 Å². The normalized spacial score (nSPS) is 12.9. The third kappa shape index (κ3) is 5.55. The average Bonchev–Trinajstić information content (AvgIpc) is 3.92. The third-order valence-electron chi connectivity index (χ3n) is 14.7. The summed E-state index contributed by atoms with van der Waals surface area (Å²) in [6.45, 7) is 14.1. The van der Waals surface area contributed by atoms with Gasteiger partial charge in [0.05, 0.1) is 22.7 Å². The minimum Gasteiger partial charge on any atom is -0.456 e. The van der Waals surface area contributed by atoms with Gasteiger partial charge in [-0.1, -0.05) is 151 Å². The molecular formula is C64H48N2O2. The Bertz CT molecular complexity index is 4000. The summed E-state index contributed by atoms with van der Waals surface area (Å²) < 4.78 is 13.4. The quantitative estimate of drug-likeness (QED) is 0.156. The highest BCUT2D eigenvalue weighted by atomic mass is 16.3. The molecule has 0 N–H and O–H groups in total. The predicted molar refractivity (Wildman–Crippen MR) is 289 cm³/mol. The molecule has 0 aliphatic rings. The van der Waals surface area contributed by atoms with Crippen LogP contribution < -0.4 is 9.80 Å². The molecule has 14 rings (SSSR count). The van der Waals surface area contributed by atoms with Crippen molar-refractivity contribution in [2.45, 2.75) is 52.4 Å². The van der Waals surface area contributed by atoms with Gasteiger partial charge >= 0.3 is 0 Å². The minimum atomic E-state index is -0.185. The standard InChI is InChI=1S/C64H48N2O2/c1-63(2,3)49-35-51(65(41-17-9-7-10-18-41)43-31-39-25-23-37-15-13-21-53-57(37)59(39)55(33-43)67-53)47-30-28-46-50(64(4,5)6)36-52(48-29-27-45(49)61(47)62(46)48)66(42-19-11-8-12-20-42)44-32-40-26-24-38-16-14-22-54-58(38)60(40)56(34-44)68-54/h7-36H,1-6H3. The second-order valence-electron chi connectivity index (χ2n) is 20.9. The van der Waals surface area contributed by atoms with E-state index in [1.165, 1.54) is 75.8 Å². The molecule has 0 amide bonds. The lowest BCUT2D eigenvalue weighted by Gasteiger charge is -2.33. The van der Waals surface area contributed by atoms with E-state index in [9.17, 15) is 0 Å². The first-order valence-electron chi connectivity index (χ1n) is 23.8. The van der Waals surface area contributed by atoms with E-state index in [1.54, 1.807) is 0 Å². The zero-order chi connectivity index (χ0) is 45.8. The molecule has 0 atom stereocenters. The second-order valence-corrected chi connectivity index (χ2v) is 20.9. The van der Waals surface area contributed by atoms with Gasteiger partial charge in [-0.15, -0.1) is 0 Å². The van der Waals surface area contributed by atoms with Crippen molar-refractivity contribution in [2.75, 3.05) is 9.80 Å². The van der Waals surface area contributed by atoms with Crippen molar-refractivity contribution >= 4 is 132 Å².